The smallest absolute Gasteiger partial charge is 0.337 e. The van der Waals surface area contributed by atoms with Crippen molar-refractivity contribution in [1.82, 2.24) is 0 Å². The predicted molar refractivity (Wildman–Crippen MR) is 103 cm³/mol. The average Bonchev–Trinajstić information content (AvgIpc) is 3.15. The summed E-state index contributed by atoms with van der Waals surface area (Å²) < 4.78 is 4.84. The predicted octanol–water partition coefficient (Wildman–Crippen LogP) is 5.97. The zero-order valence-electron chi connectivity index (χ0n) is 14.6. The van der Waals surface area contributed by atoms with Gasteiger partial charge in [0.2, 0.25) is 0 Å². The summed E-state index contributed by atoms with van der Waals surface area (Å²) in [5.41, 5.74) is 2.74. The molecule has 4 heteroatoms. The number of thiophene rings is 1. The Morgan fingerprint density at radius 1 is 1.12 bits per heavy atom. The number of carbonyl (C=O) groups is 1. The van der Waals surface area contributed by atoms with Crippen molar-refractivity contribution in [2.75, 3.05) is 19.0 Å². The lowest BCUT2D eigenvalue weighted by Gasteiger charge is -2.12. The van der Waals surface area contributed by atoms with Crippen molar-refractivity contribution >= 4 is 23.0 Å². The maximum absolute atomic E-state index is 11.8. The normalized spacial score (nSPS) is 10.6. The van der Waals surface area contributed by atoms with Gasteiger partial charge in [-0.3, -0.25) is 0 Å². The molecule has 0 bridgehead atoms. The van der Waals surface area contributed by atoms with E-state index in [1.807, 2.05) is 24.3 Å². The molecule has 1 N–H and O–H groups in total. The Labute approximate surface area is 149 Å². The quantitative estimate of drug-likeness (QED) is 0.425. The van der Waals surface area contributed by atoms with E-state index < -0.39 is 0 Å². The van der Waals surface area contributed by atoms with Crippen molar-refractivity contribution in [2.45, 2.75) is 45.4 Å². The van der Waals surface area contributed by atoms with Crippen molar-refractivity contribution in [2.24, 2.45) is 0 Å². The summed E-state index contributed by atoms with van der Waals surface area (Å²) in [5.74, 6) is -0.296. The molecule has 0 radical (unpaired) electrons. The van der Waals surface area contributed by atoms with Gasteiger partial charge in [0.25, 0.3) is 0 Å². The van der Waals surface area contributed by atoms with Crippen molar-refractivity contribution in [3.05, 3.63) is 41.3 Å². The fourth-order valence-corrected chi connectivity index (χ4v) is 3.46. The van der Waals surface area contributed by atoms with E-state index >= 15 is 0 Å². The van der Waals surface area contributed by atoms with Crippen LogP contribution in [0.2, 0.25) is 0 Å². The fourth-order valence-electron chi connectivity index (χ4n) is 2.71. The van der Waals surface area contributed by atoms with Gasteiger partial charge < -0.3 is 10.1 Å². The number of ether oxygens (including phenoxy) is 1. The van der Waals surface area contributed by atoms with Crippen LogP contribution in [0.4, 0.5) is 5.69 Å². The van der Waals surface area contributed by atoms with Crippen LogP contribution in [0, 0.1) is 0 Å². The van der Waals surface area contributed by atoms with Crippen LogP contribution >= 0.6 is 11.3 Å². The third kappa shape index (κ3) is 5.38. The van der Waals surface area contributed by atoms with Crippen molar-refractivity contribution in [3.63, 3.8) is 0 Å². The Morgan fingerprint density at radius 3 is 2.62 bits per heavy atom. The van der Waals surface area contributed by atoms with E-state index in [4.69, 9.17) is 4.74 Å². The number of hydrogen-bond donors (Lipinski definition) is 1. The molecule has 1 aromatic heterocycles. The molecular weight excluding hydrogens is 318 g/mol. The number of rotatable bonds is 10. The summed E-state index contributed by atoms with van der Waals surface area (Å²) in [6.45, 7) is 3.20. The van der Waals surface area contributed by atoms with Crippen LogP contribution < -0.4 is 5.32 Å². The molecule has 130 valence electrons. The van der Waals surface area contributed by atoms with E-state index in [0.717, 1.165) is 22.7 Å². The first-order valence-electron chi connectivity index (χ1n) is 8.76. The minimum absolute atomic E-state index is 0.296. The molecule has 0 atom stereocenters. The van der Waals surface area contributed by atoms with Gasteiger partial charge in [0, 0.05) is 22.7 Å². The van der Waals surface area contributed by atoms with Crippen molar-refractivity contribution < 1.29 is 9.53 Å². The van der Waals surface area contributed by atoms with Gasteiger partial charge in [0.1, 0.15) is 0 Å². The lowest BCUT2D eigenvalue weighted by Crippen LogP contribution is -2.05. The van der Waals surface area contributed by atoms with Gasteiger partial charge >= 0.3 is 5.97 Å². The summed E-state index contributed by atoms with van der Waals surface area (Å²) in [4.78, 5) is 13.0. The van der Waals surface area contributed by atoms with Gasteiger partial charge in [0.05, 0.1) is 12.7 Å². The Hall–Kier alpha value is -1.81. The Kier molecular flexibility index (Phi) is 7.83. The molecule has 0 spiro atoms. The molecule has 2 aromatic rings. The molecule has 1 aromatic carbocycles. The number of methoxy groups -OCH3 is 1. The molecular formula is C20H27NO2S. The molecule has 0 fully saturated rings. The molecule has 24 heavy (non-hydrogen) atoms. The maximum atomic E-state index is 11.8. The number of anilines is 1. The fraction of sp³-hybridized carbons (Fsp3) is 0.450. The van der Waals surface area contributed by atoms with Gasteiger partial charge in [-0.2, -0.15) is 0 Å². The standard InChI is InChI=1S/C20H27NO2S/c1-3-4-5-6-7-8-13-21-18-12-11-16(20(22)23-2)15-17(18)19-10-9-14-24-19/h9-12,14-15,21H,3-8,13H2,1-2H3. The van der Waals surface area contributed by atoms with E-state index in [2.05, 4.69) is 23.7 Å². The van der Waals surface area contributed by atoms with Gasteiger partial charge in [-0.15, -0.1) is 11.3 Å². The highest BCUT2D eigenvalue weighted by Gasteiger charge is 2.12. The lowest BCUT2D eigenvalue weighted by atomic mass is 10.1. The highest BCUT2D eigenvalue weighted by Crippen LogP contribution is 2.32. The molecule has 2 rings (SSSR count). The summed E-state index contributed by atoms with van der Waals surface area (Å²) in [6, 6.07) is 9.84. The number of esters is 1. The topological polar surface area (TPSA) is 38.3 Å². The number of carbonyl (C=O) groups excluding carboxylic acids is 1. The third-order valence-electron chi connectivity index (χ3n) is 4.07. The first-order valence-corrected chi connectivity index (χ1v) is 9.64. The Bertz CT molecular complexity index is 623. The van der Waals surface area contributed by atoms with E-state index in [0.29, 0.717) is 5.56 Å². The van der Waals surface area contributed by atoms with Crippen LogP contribution in [-0.4, -0.2) is 19.6 Å². The molecule has 0 saturated carbocycles. The SMILES string of the molecule is CCCCCCCCNc1ccc(C(=O)OC)cc1-c1cccs1. The molecule has 0 amide bonds. The van der Waals surface area contributed by atoms with Gasteiger partial charge in [-0.25, -0.2) is 4.79 Å². The van der Waals surface area contributed by atoms with E-state index in [9.17, 15) is 4.79 Å². The van der Waals surface area contributed by atoms with Crippen LogP contribution in [0.3, 0.4) is 0 Å². The van der Waals surface area contributed by atoms with E-state index in [1.54, 1.807) is 11.3 Å². The highest BCUT2D eigenvalue weighted by molar-refractivity contribution is 7.13. The summed E-state index contributed by atoms with van der Waals surface area (Å²) in [7, 11) is 1.41. The Morgan fingerprint density at radius 2 is 1.92 bits per heavy atom. The van der Waals surface area contributed by atoms with E-state index in [1.165, 1.54) is 45.6 Å². The zero-order valence-corrected chi connectivity index (χ0v) is 15.5. The molecule has 0 unspecified atom stereocenters. The minimum atomic E-state index is -0.296. The number of nitrogens with one attached hydrogen (secondary N) is 1. The van der Waals surface area contributed by atoms with Crippen molar-refractivity contribution in [3.8, 4) is 10.4 Å². The molecule has 0 aliphatic rings. The molecule has 1 heterocycles. The molecule has 0 aliphatic carbocycles. The minimum Gasteiger partial charge on any atom is -0.465 e. The van der Waals surface area contributed by atoms with Crippen LogP contribution in [0.1, 0.15) is 55.8 Å². The molecule has 0 aliphatic heterocycles. The third-order valence-corrected chi connectivity index (χ3v) is 4.98. The van der Waals surface area contributed by atoms with Gasteiger partial charge in [0.15, 0.2) is 0 Å². The monoisotopic (exact) mass is 345 g/mol. The number of benzene rings is 1. The van der Waals surface area contributed by atoms with Gasteiger partial charge in [-0.1, -0.05) is 45.1 Å². The van der Waals surface area contributed by atoms with Crippen LogP contribution in [0.5, 0.6) is 0 Å². The maximum Gasteiger partial charge on any atom is 0.337 e. The molecule has 0 saturated heterocycles. The van der Waals surface area contributed by atoms with Crippen LogP contribution in [0.15, 0.2) is 35.7 Å². The lowest BCUT2D eigenvalue weighted by molar-refractivity contribution is 0.0601. The Balaban J connectivity index is 1.99. The first-order chi connectivity index (χ1) is 11.8. The molecule has 3 nitrogen and oxygen atoms in total. The second kappa shape index (κ2) is 10.1. The second-order valence-corrected chi connectivity index (χ2v) is 6.87. The second-order valence-electron chi connectivity index (χ2n) is 5.92. The number of hydrogen-bond acceptors (Lipinski definition) is 4. The van der Waals surface area contributed by atoms with Crippen molar-refractivity contribution in [1.29, 1.82) is 0 Å². The zero-order chi connectivity index (χ0) is 17.2. The summed E-state index contributed by atoms with van der Waals surface area (Å²) >= 11 is 1.68. The largest absolute Gasteiger partial charge is 0.465 e. The first kappa shape index (κ1) is 18.5. The average molecular weight is 346 g/mol. The summed E-state index contributed by atoms with van der Waals surface area (Å²) in [6.07, 6.45) is 7.72. The van der Waals surface area contributed by atoms with Crippen LogP contribution in [-0.2, 0) is 4.74 Å². The number of unbranched alkanes of at least 4 members (excludes halogenated alkanes) is 5. The van der Waals surface area contributed by atoms with Gasteiger partial charge in [-0.05, 0) is 36.1 Å². The van der Waals surface area contributed by atoms with Crippen LogP contribution in [0.25, 0.3) is 10.4 Å². The summed E-state index contributed by atoms with van der Waals surface area (Å²) in [5, 5.41) is 5.58. The highest BCUT2D eigenvalue weighted by atomic mass is 32.1. The van der Waals surface area contributed by atoms with E-state index in [-0.39, 0.29) is 5.97 Å².